The zero-order chi connectivity index (χ0) is 21.7. The number of halogens is 1. The lowest BCUT2D eigenvalue weighted by molar-refractivity contribution is 0.0770. The van der Waals surface area contributed by atoms with Gasteiger partial charge in [-0.1, -0.05) is 20.8 Å². The highest BCUT2D eigenvalue weighted by Gasteiger charge is 2.48. The highest BCUT2D eigenvalue weighted by molar-refractivity contribution is 6.74. The molecule has 1 aromatic carbocycles. The second kappa shape index (κ2) is 7.69. The van der Waals surface area contributed by atoms with Crippen LogP contribution in [0.25, 0.3) is 0 Å². The monoisotopic (exact) mass is 438 g/mol. The number of benzene rings is 1. The zero-order valence-electron chi connectivity index (χ0n) is 18.4. The van der Waals surface area contributed by atoms with Crippen molar-refractivity contribution in [2.45, 2.75) is 51.0 Å². The standard InChI is InChI=1S/C21H31FN2O5Si/c1-21(2,3)30(4,5)28-13-19-17-12-27-18-11-15(23-6-8-26-9-7-23)14(22)10-16(18)24(17)20(25)29-19/h10-11,17,19H,6-9,12-13H2,1-5H3/t17-,19-/m0/s1. The van der Waals surface area contributed by atoms with Crippen LogP contribution in [0.4, 0.5) is 20.6 Å². The van der Waals surface area contributed by atoms with Crippen LogP contribution in [-0.2, 0) is 13.9 Å². The molecule has 30 heavy (non-hydrogen) atoms. The molecule has 2 saturated heterocycles. The van der Waals surface area contributed by atoms with Crippen LogP contribution in [0.15, 0.2) is 12.1 Å². The minimum atomic E-state index is -1.98. The molecule has 1 aromatic rings. The number of morpholine rings is 1. The summed E-state index contributed by atoms with van der Waals surface area (Å²) in [6, 6.07) is 2.73. The number of carbonyl (C=O) groups is 1. The number of hydrogen-bond acceptors (Lipinski definition) is 6. The fourth-order valence-corrected chi connectivity index (χ4v) is 4.75. The summed E-state index contributed by atoms with van der Waals surface area (Å²) in [7, 11) is -1.98. The van der Waals surface area contributed by atoms with Crippen molar-refractivity contribution in [1.29, 1.82) is 0 Å². The number of nitrogens with zero attached hydrogens (tertiary/aromatic N) is 2. The zero-order valence-corrected chi connectivity index (χ0v) is 19.4. The third kappa shape index (κ3) is 3.78. The molecule has 2 atom stereocenters. The fraction of sp³-hybridized carbons (Fsp3) is 0.667. The van der Waals surface area contributed by atoms with Gasteiger partial charge in [0.1, 0.15) is 30.3 Å². The molecule has 0 aromatic heterocycles. The maximum absolute atomic E-state index is 14.9. The van der Waals surface area contributed by atoms with Crippen LogP contribution in [0.1, 0.15) is 20.8 Å². The lowest BCUT2D eigenvalue weighted by Gasteiger charge is -2.38. The summed E-state index contributed by atoms with van der Waals surface area (Å²) >= 11 is 0. The topological polar surface area (TPSA) is 60.5 Å². The molecule has 0 N–H and O–H groups in total. The Labute approximate surface area is 178 Å². The van der Waals surface area contributed by atoms with Gasteiger partial charge in [-0.3, -0.25) is 4.90 Å². The molecule has 2 fully saturated rings. The molecule has 9 heteroatoms. The Balaban J connectivity index is 1.53. The minimum Gasteiger partial charge on any atom is -0.489 e. The summed E-state index contributed by atoms with van der Waals surface area (Å²) in [5.41, 5.74) is 0.890. The van der Waals surface area contributed by atoms with Gasteiger partial charge in [0.25, 0.3) is 0 Å². The molecule has 3 aliphatic rings. The average molecular weight is 439 g/mol. The number of ether oxygens (including phenoxy) is 3. The van der Waals surface area contributed by atoms with Gasteiger partial charge in [-0.25, -0.2) is 9.18 Å². The highest BCUT2D eigenvalue weighted by Crippen LogP contribution is 2.43. The van der Waals surface area contributed by atoms with Crippen LogP contribution in [0.5, 0.6) is 5.75 Å². The van der Waals surface area contributed by atoms with Gasteiger partial charge in [-0.15, -0.1) is 0 Å². The molecule has 3 heterocycles. The van der Waals surface area contributed by atoms with E-state index in [1.54, 1.807) is 6.07 Å². The van der Waals surface area contributed by atoms with E-state index in [4.69, 9.17) is 18.6 Å². The first-order chi connectivity index (χ1) is 14.1. The van der Waals surface area contributed by atoms with Gasteiger partial charge >= 0.3 is 6.09 Å². The average Bonchev–Trinajstić information content (AvgIpc) is 3.02. The van der Waals surface area contributed by atoms with E-state index >= 15 is 0 Å². The van der Waals surface area contributed by atoms with Crippen LogP contribution >= 0.6 is 0 Å². The van der Waals surface area contributed by atoms with E-state index in [0.29, 0.717) is 56.6 Å². The Kier molecular flexibility index (Phi) is 5.48. The SMILES string of the molecule is CC(C)(C)[Si](C)(C)OC[C@@H]1OC(=O)N2c3cc(F)c(N4CCOCC4)cc3OC[C@@H]12. The Morgan fingerprint density at radius 1 is 1.20 bits per heavy atom. The van der Waals surface area contributed by atoms with Gasteiger partial charge in [-0.2, -0.15) is 0 Å². The summed E-state index contributed by atoms with van der Waals surface area (Å²) in [5, 5.41) is 0.0595. The summed E-state index contributed by atoms with van der Waals surface area (Å²) < 4.78 is 38.1. The second-order valence-electron chi connectivity index (χ2n) is 9.61. The smallest absolute Gasteiger partial charge is 0.415 e. The third-order valence-electron chi connectivity index (χ3n) is 6.67. The molecule has 0 bridgehead atoms. The Morgan fingerprint density at radius 2 is 1.90 bits per heavy atom. The van der Waals surface area contributed by atoms with Gasteiger partial charge in [0.2, 0.25) is 0 Å². The number of amides is 1. The molecule has 0 saturated carbocycles. The van der Waals surface area contributed by atoms with Crippen molar-refractivity contribution in [1.82, 2.24) is 0 Å². The van der Waals surface area contributed by atoms with Crippen LogP contribution < -0.4 is 14.5 Å². The van der Waals surface area contributed by atoms with Gasteiger partial charge in [-0.05, 0) is 18.1 Å². The van der Waals surface area contributed by atoms with Crippen molar-refractivity contribution in [3.63, 3.8) is 0 Å². The van der Waals surface area contributed by atoms with E-state index < -0.39 is 20.5 Å². The lowest BCUT2D eigenvalue weighted by atomic mass is 10.1. The van der Waals surface area contributed by atoms with Crippen molar-refractivity contribution in [3.05, 3.63) is 17.9 Å². The minimum absolute atomic E-state index is 0.0595. The molecule has 0 radical (unpaired) electrons. The third-order valence-corrected chi connectivity index (χ3v) is 11.2. The number of fused-ring (bicyclic) bond motifs is 3. The molecule has 7 nitrogen and oxygen atoms in total. The van der Waals surface area contributed by atoms with Gasteiger partial charge in [0.05, 0.1) is 31.2 Å². The second-order valence-corrected chi connectivity index (χ2v) is 14.4. The van der Waals surface area contributed by atoms with Gasteiger partial charge in [0, 0.05) is 25.2 Å². The van der Waals surface area contributed by atoms with Crippen LogP contribution in [0, 0.1) is 5.82 Å². The molecular formula is C21H31FN2O5Si. The fourth-order valence-electron chi connectivity index (χ4n) is 3.74. The molecule has 0 spiro atoms. The predicted octanol–water partition coefficient (Wildman–Crippen LogP) is 3.77. The Hall–Kier alpha value is -1.84. The van der Waals surface area contributed by atoms with E-state index in [0.717, 1.165) is 0 Å². The van der Waals surface area contributed by atoms with Crippen LogP contribution in [-0.4, -0.2) is 66.1 Å². The molecular weight excluding hydrogens is 407 g/mol. The first kappa shape index (κ1) is 21.4. The molecule has 0 unspecified atom stereocenters. The van der Waals surface area contributed by atoms with Crippen molar-refractivity contribution in [2.75, 3.05) is 49.3 Å². The van der Waals surface area contributed by atoms with E-state index in [1.165, 1.54) is 11.0 Å². The number of hydrogen-bond donors (Lipinski definition) is 0. The number of anilines is 2. The summed E-state index contributed by atoms with van der Waals surface area (Å²) in [6.07, 6.45) is -0.923. The number of carbonyl (C=O) groups excluding carboxylic acids is 1. The van der Waals surface area contributed by atoms with E-state index in [2.05, 4.69) is 33.9 Å². The maximum Gasteiger partial charge on any atom is 0.415 e. The van der Waals surface area contributed by atoms with Crippen molar-refractivity contribution < 1.29 is 27.8 Å². The van der Waals surface area contributed by atoms with Crippen molar-refractivity contribution in [2.24, 2.45) is 0 Å². The maximum atomic E-state index is 14.9. The molecule has 166 valence electrons. The summed E-state index contributed by atoms with van der Waals surface area (Å²) in [5.74, 6) is 0.116. The van der Waals surface area contributed by atoms with E-state index in [1.807, 2.05) is 4.90 Å². The quantitative estimate of drug-likeness (QED) is 0.667. The van der Waals surface area contributed by atoms with Crippen LogP contribution in [0.2, 0.25) is 18.1 Å². The number of rotatable bonds is 4. The van der Waals surface area contributed by atoms with Crippen molar-refractivity contribution >= 4 is 25.8 Å². The first-order valence-corrected chi connectivity index (χ1v) is 13.4. The molecule has 4 rings (SSSR count). The largest absolute Gasteiger partial charge is 0.489 e. The normalized spacial score (nSPS) is 24.3. The van der Waals surface area contributed by atoms with E-state index in [9.17, 15) is 9.18 Å². The number of cyclic esters (lactones) is 1. The summed E-state index contributed by atoms with van der Waals surface area (Å²) in [4.78, 5) is 16.1. The van der Waals surface area contributed by atoms with Gasteiger partial charge in [0.15, 0.2) is 8.32 Å². The predicted molar refractivity (Wildman–Crippen MR) is 115 cm³/mol. The molecule has 1 amide bonds. The van der Waals surface area contributed by atoms with Gasteiger partial charge < -0.3 is 23.5 Å². The molecule has 3 aliphatic heterocycles. The Morgan fingerprint density at radius 3 is 2.57 bits per heavy atom. The highest BCUT2D eigenvalue weighted by atomic mass is 28.4. The lowest BCUT2D eigenvalue weighted by Crippen LogP contribution is -2.48. The first-order valence-electron chi connectivity index (χ1n) is 10.5. The van der Waals surface area contributed by atoms with Crippen molar-refractivity contribution in [3.8, 4) is 5.75 Å². The summed E-state index contributed by atoms with van der Waals surface area (Å²) in [6.45, 7) is 13.8. The van der Waals surface area contributed by atoms with E-state index in [-0.39, 0.29) is 16.9 Å². The van der Waals surface area contributed by atoms with Crippen LogP contribution in [0.3, 0.4) is 0 Å². The Bertz CT molecular complexity index is 822. The molecule has 0 aliphatic carbocycles.